The van der Waals surface area contributed by atoms with E-state index < -0.39 is 5.82 Å². The van der Waals surface area contributed by atoms with Crippen LogP contribution in [0.1, 0.15) is 0 Å². The molecule has 3 rings (SSSR count). The molecule has 0 bridgehead atoms. The van der Waals surface area contributed by atoms with Gasteiger partial charge >= 0.3 is 0 Å². The summed E-state index contributed by atoms with van der Waals surface area (Å²) in [5.41, 5.74) is 1.05. The van der Waals surface area contributed by atoms with Crippen LogP contribution in [0.5, 0.6) is 5.75 Å². The number of hydrogen-bond acceptors (Lipinski definition) is 4. The first-order valence-corrected chi connectivity index (χ1v) is 6.99. The van der Waals surface area contributed by atoms with Gasteiger partial charge in [-0.2, -0.15) is 4.98 Å². The Bertz CT molecular complexity index is 802. The number of phenolic OH excluding ortho intramolecular Hbond substituents is 1. The maximum atomic E-state index is 13.4. The zero-order valence-corrected chi connectivity index (χ0v) is 12.7. The van der Waals surface area contributed by atoms with Crippen molar-refractivity contribution in [1.82, 2.24) is 10.1 Å². The van der Waals surface area contributed by atoms with Crippen LogP contribution in [0.3, 0.4) is 0 Å². The monoisotopic (exact) mass is 368 g/mol. The number of benzene rings is 2. The van der Waals surface area contributed by atoms with E-state index >= 15 is 0 Å². The predicted octanol–water partition coefficient (Wildman–Crippen LogP) is 4.66. The predicted molar refractivity (Wildman–Crippen MR) is 79.5 cm³/mol. The number of hydrogen-bond donors (Lipinski definition) is 1. The number of rotatable bonds is 2. The maximum absolute atomic E-state index is 13.4. The molecular weight excluding hydrogens is 363 g/mol. The van der Waals surface area contributed by atoms with E-state index in [0.29, 0.717) is 15.6 Å². The van der Waals surface area contributed by atoms with Gasteiger partial charge in [0.15, 0.2) is 0 Å². The lowest BCUT2D eigenvalue weighted by Crippen LogP contribution is -1.84. The average Bonchev–Trinajstić information content (AvgIpc) is 2.90. The van der Waals surface area contributed by atoms with Crippen LogP contribution in [-0.2, 0) is 0 Å². The standard InChI is InChI=1S/C14H7BrClFN2O2/c15-9-3-8(4-10(17)6-9)13-18-14(21-19-13)7-1-2-12(20)11(16)5-7/h1-6,20H. The molecule has 0 saturated heterocycles. The molecule has 1 N–H and O–H groups in total. The molecule has 2 aromatic carbocycles. The lowest BCUT2D eigenvalue weighted by atomic mass is 10.2. The van der Waals surface area contributed by atoms with Gasteiger partial charge in [-0.1, -0.05) is 32.7 Å². The quantitative estimate of drug-likeness (QED) is 0.713. The molecule has 1 aromatic heterocycles. The maximum Gasteiger partial charge on any atom is 0.258 e. The van der Waals surface area contributed by atoms with Crippen LogP contribution in [0, 0.1) is 5.82 Å². The summed E-state index contributed by atoms with van der Waals surface area (Å²) in [6.07, 6.45) is 0. The minimum Gasteiger partial charge on any atom is -0.506 e. The fourth-order valence-corrected chi connectivity index (χ4v) is 2.43. The van der Waals surface area contributed by atoms with E-state index in [0.717, 1.165) is 0 Å². The molecule has 0 spiro atoms. The number of aromatic hydroxyl groups is 1. The Kier molecular flexibility index (Phi) is 3.65. The zero-order valence-electron chi connectivity index (χ0n) is 10.3. The lowest BCUT2D eigenvalue weighted by molar-refractivity contribution is 0.432. The van der Waals surface area contributed by atoms with E-state index in [2.05, 4.69) is 26.1 Å². The molecule has 106 valence electrons. The fraction of sp³-hybridized carbons (Fsp3) is 0. The second kappa shape index (κ2) is 5.46. The van der Waals surface area contributed by atoms with Crippen molar-refractivity contribution in [3.8, 4) is 28.6 Å². The molecule has 0 aliphatic heterocycles. The van der Waals surface area contributed by atoms with Gasteiger partial charge in [0.1, 0.15) is 11.6 Å². The highest BCUT2D eigenvalue weighted by atomic mass is 79.9. The van der Waals surface area contributed by atoms with E-state index in [9.17, 15) is 9.50 Å². The molecule has 1 heterocycles. The molecule has 7 heteroatoms. The van der Waals surface area contributed by atoms with Crippen molar-refractivity contribution >= 4 is 27.5 Å². The van der Waals surface area contributed by atoms with Gasteiger partial charge in [0.25, 0.3) is 5.89 Å². The molecule has 0 amide bonds. The summed E-state index contributed by atoms with van der Waals surface area (Å²) >= 11 is 9.04. The Morgan fingerprint density at radius 2 is 1.95 bits per heavy atom. The minimum absolute atomic E-state index is 0.0331. The third-order valence-corrected chi connectivity index (χ3v) is 3.50. The molecule has 0 aliphatic rings. The first kappa shape index (κ1) is 14.0. The number of nitrogens with zero attached hydrogens (tertiary/aromatic N) is 2. The SMILES string of the molecule is Oc1ccc(-c2nc(-c3cc(F)cc(Br)c3)no2)cc1Cl. The van der Waals surface area contributed by atoms with Crippen molar-refractivity contribution in [3.63, 3.8) is 0 Å². The first-order chi connectivity index (χ1) is 10.0. The minimum atomic E-state index is -0.404. The fourth-order valence-electron chi connectivity index (χ4n) is 1.78. The highest BCUT2D eigenvalue weighted by molar-refractivity contribution is 9.10. The summed E-state index contributed by atoms with van der Waals surface area (Å²) in [6, 6.07) is 8.87. The molecule has 3 aromatic rings. The molecular formula is C14H7BrClFN2O2. The van der Waals surface area contributed by atoms with Gasteiger partial charge in [-0.3, -0.25) is 0 Å². The highest BCUT2D eigenvalue weighted by Crippen LogP contribution is 2.30. The summed E-state index contributed by atoms with van der Waals surface area (Å²) in [5.74, 6) is 0.0503. The van der Waals surface area contributed by atoms with Crippen molar-refractivity contribution in [2.24, 2.45) is 0 Å². The van der Waals surface area contributed by atoms with Crippen LogP contribution >= 0.6 is 27.5 Å². The van der Waals surface area contributed by atoms with E-state index in [-0.39, 0.29) is 22.5 Å². The topological polar surface area (TPSA) is 59.2 Å². The molecule has 0 saturated carbocycles. The van der Waals surface area contributed by atoms with Gasteiger partial charge in [-0.25, -0.2) is 4.39 Å². The van der Waals surface area contributed by atoms with Gasteiger partial charge < -0.3 is 9.63 Å². The third kappa shape index (κ3) is 2.91. The Hall–Kier alpha value is -1.92. The largest absolute Gasteiger partial charge is 0.506 e. The number of aromatic nitrogens is 2. The van der Waals surface area contributed by atoms with E-state index in [1.54, 1.807) is 12.1 Å². The Labute approximate surface area is 132 Å². The van der Waals surface area contributed by atoms with Gasteiger partial charge in [-0.15, -0.1) is 0 Å². The summed E-state index contributed by atoms with van der Waals surface area (Å²) in [4.78, 5) is 4.20. The first-order valence-electron chi connectivity index (χ1n) is 5.82. The third-order valence-electron chi connectivity index (χ3n) is 2.74. The molecule has 0 fully saturated rings. The van der Waals surface area contributed by atoms with Crippen LogP contribution in [-0.4, -0.2) is 15.2 Å². The van der Waals surface area contributed by atoms with E-state index in [4.69, 9.17) is 16.1 Å². The summed E-state index contributed by atoms with van der Waals surface area (Å²) < 4.78 is 19.1. The van der Waals surface area contributed by atoms with Gasteiger partial charge in [-0.05, 0) is 36.4 Å². The van der Waals surface area contributed by atoms with Crippen molar-refractivity contribution in [1.29, 1.82) is 0 Å². The van der Waals surface area contributed by atoms with Crippen molar-refractivity contribution < 1.29 is 14.0 Å². The summed E-state index contributed by atoms with van der Waals surface area (Å²) in [5, 5.41) is 13.4. The Balaban J connectivity index is 2.01. The summed E-state index contributed by atoms with van der Waals surface area (Å²) in [7, 11) is 0. The zero-order chi connectivity index (χ0) is 15.0. The van der Waals surface area contributed by atoms with Crippen LogP contribution in [0.2, 0.25) is 5.02 Å². The van der Waals surface area contributed by atoms with Crippen LogP contribution < -0.4 is 0 Å². The normalized spacial score (nSPS) is 10.8. The number of phenols is 1. The van der Waals surface area contributed by atoms with Crippen molar-refractivity contribution in [2.45, 2.75) is 0 Å². The van der Waals surface area contributed by atoms with E-state index in [1.807, 2.05) is 0 Å². The average molecular weight is 370 g/mol. The van der Waals surface area contributed by atoms with Crippen molar-refractivity contribution in [3.05, 3.63) is 51.7 Å². The van der Waals surface area contributed by atoms with Gasteiger partial charge in [0.05, 0.1) is 5.02 Å². The molecule has 0 unspecified atom stereocenters. The molecule has 21 heavy (non-hydrogen) atoms. The van der Waals surface area contributed by atoms with Gasteiger partial charge in [0.2, 0.25) is 5.82 Å². The second-order valence-corrected chi connectivity index (χ2v) is 5.57. The van der Waals surface area contributed by atoms with E-state index in [1.165, 1.54) is 24.3 Å². The van der Waals surface area contributed by atoms with Gasteiger partial charge in [0, 0.05) is 15.6 Å². The van der Waals surface area contributed by atoms with Crippen molar-refractivity contribution in [2.75, 3.05) is 0 Å². The Morgan fingerprint density at radius 3 is 2.67 bits per heavy atom. The lowest BCUT2D eigenvalue weighted by Gasteiger charge is -1.98. The smallest absolute Gasteiger partial charge is 0.258 e. The molecule has 0 atom stereocenters. The Morgan fingerprint density at radius 1 is 1.14 bits per heavy atom. The molecule has 0 radical (unpaired) electrons. The van der Waals surface area contributed by atoms with Crippen LogP contribution in [0.15, 0.2) is 45.4 Å². The number of halogens is 3. The summed E-state index contributed by atoms with van der Waals surface area (Å²) in [6.45, 7) is 0. The second-order valence-electron chi connectivity index (χ2n) is 4.25. The van der Waals surface area contributed by atoms with Crippen LogP contribution in [0.4, 0.5) is 4.39 Å². The molecule has 4 nitrogen and oxygen atoms in total. The van der Waals surface area contributed by atoms with Crippen LogP contribution in [0.25, 0.3) is 22.8 Å². The molecule has 0 aliphatic carbocycles. The highest BCUT2D eigenvalue weighted by Gasteiger charge is 2.13.